The number of nitrogens with one attached hydrogen (secondary N) is 1. The molecule has 1 unspecified atom stereocenters. The fourth-order valence-corrected chi connectivity index (χ4v) is 2.53. The molecule has 6 heteroatoms. The number of hydrogen-bond donors (Lipinski definition) is 2. The highest BCUT2D eigenvalue weighted by Gasteiger charge is 2.26. The molecule has 20 heavy (non-hydrogen) atoms. The fraction of sp³-hybridized carbons (Fsp3) is 0.286. The predicted octanol–water partition coefficient (Wildman–Crippen LogP) is 1.83. The number of rotatable bonds is 2. The van der Waals surface area contributed by atoms with Crippen molar-refractivity contribution in [2.24, 2.45) is 5.73 Å². The second-order valence-corrected chi connectivity index (χ2v) is 4.96. The lowest BCUT2D eigenvalue weighted by Crippen LogP contribution is -2.26. The Morgan fingerprint density at radius 2 is 2.35 bits per heavy atom. The van der Waals surface area contributed by atoms with Crippen molar-refractivity contribution >= 4 is 11.7 Å². The van der Waals surface area contributed by atoms with Crippen molar-refractivity contribution in [1.29, 1.82) is 0 Å². The van der Waals surface area contributed by atoms with Gasteiger partial charge in [-0.3, -0.25) is 4.79 Å². The molecule has 5 nitrogen and oxygen atoms in total. The average Bonchev–Trinajstić information content (AvgIpc) is 2.86. The van der Waals surface area contributed by atoms with Gasteiger partial charge in [0.15, 0.2) is 0 Å². The maximum absolute atomic E-state index is 13.7. The van der Waals surface area contributed by atoms with Crippen LogP contribution in [0.4, 0.5) is 10.2 Å². The molecule has 2 aromatic rings. The Bertz CT molecular complexity index is 680. The molecule has 0 fully saturated rings. The lowest BCUT2D eigenvalue weighted by atomic mass is 10.0. The Hall–Kier alpha value is -2.37. The number of carbonyl (C=O) groups excluding carboxylic acids is 1. The van der Waals surface area contributed by atoms with Gasteiger partial charge in [-0.1, -0.05) is 12.1 Å². The van der Waals surface area contributed by atoms with E-state index in [1.54, 1.807) is 17.7 Å². The molecule has 0 saturated carbocycles. The first-order valence-corrected chi connectivity index (χ1v) is 6.45. The normalized spacial score (nSPS) is 17.4. The molecule has 0 aliphatic carbocycles. The third-order valence-electron chi connectivity index (χ3n) is 3.65. The van der Waals surface area contributed by atoms with Gasteiger partial charge in [0.25, 0.3) is 5.91 Å². The zero-order valence-electron chi connectivity index (χ0n) is 11.1. The molecule has 0 spiro atoms. The van der Waals surface area contributed by atoms with Crippen LogP contribution in [-0.2, 0) is 0 Å². The number of carbonyl (C=O) groups is 1. The lowest BCUT2D eigenvalue weighted by Gasteiger charge is -2.26. The van der Waals surface area contributed by atoms with Gasteiger partial charge in [-0.2, -0.15) is 5.10 Å². The van der Waals surface area contributed by atoms with Crippen LogP contribution < -0.4 is 11.1 Å². The van der Waals surface area contributed by atoms with E-state index in [4.69, 9.17) is 5.73 Å². The van der Waals surface area contributed by atoms with Crippen molar-refractivity contribution in [3.05, 3.63) is 46.9 Å². The van der Waals surface area contributed by atoms with Gasteiger partial charge in [-0.05, 0) is 30.5 Å². The van der Waals surface area contributed by atoms with E-state index >= 15 is 0 Å². The van der Waals surface area contributed by atoms with Crippen LogP contribution in [0, 0.1) is 12.7 Å². The van der Waals surface area contributed by atoms with Crippen LogP contribution in [0.2, 0.25) is 0 Å². The number of halogens is 1. The quantitative estimate of drug-likeness (QED) is 0.877. The highest BCUT2D eigenvalue weighted by Crippen LogP contribution is 2.31. The van der Waals surface area contributed by atoms with Crippen LogP contribution >= 0.6 is 0 Å². The first-order valence-electron chi connectivity index (χ1n) is 6.45. The molecular weight excluding hydrogens is 259 g/mol. The van der Waals surface area contributed by atoms with E-state index in [1.165, 1.54) is 12.3 Å². The highest BCUT2D eigenvalue weighted by atomic mass is 19.1. The van der Waals surface area contributed by atoms with Crippen molar-refractivity contribution in [1.82, 2.24) is 9.78 Å². The van der Waals surface area contributed by atoms with Crippen molar-refractivity contribution in [2.45, 2.75) is 19.4 Å². The number of primary amides is 1. The summed E-state index contributed by atoms with van der Waals surface area (Å²) in [5.74, 6) is -0.144. The Morgan fingerprint density at radius 1 is 1.55 bits per heavy atom. The van der Waals surface area contributed by atoms with Gasteiger partial charge in [-0.25, -0.2) is 9.07 Å². The van der Waals surface area contributed by atoms with Gasteiger partial charge in [0.1, 0.15) is 17.2 Å². The molecule has 2 heterocycles. The minimum atomic E-state index is -0.519. The standard InChI is InChI=1S/C14H15FN4O/c1-8-2-3-9(6-11(8)15)12-4-5-17-14-10(13(16)20)7-18-19(12)14/h2-3,6-7,12,17H,4-5H2,1H3,(H2,16,20). The highest BCUT2D eigenvalue weighted by molar-refractivity contribution is 5.97. The first kappa shape index (κ1) is 12.7. The van der Waals surface area contributed by atoms with Crippen molar-refractivity contribution < 1.29 is 9.18 Å². The summed E-state index contributed by atoms with van der Waals surface area (Å²) in [6.45, 7) is 2.41. The Labute approximate surface area is 115 Å². The van der Waals surface area contributed by atoms with Crippen LogP contribution in [0.15, 0.2) is 24.4 Å². The van der Waals surface area contributed by atoms with E-state index in [2.05, 4.69) is 10.4 Å². The minimum Gasteiger partial charge on any atom is -0.369 e. The molecular formula is C14H15FN4O. The Kier molecular flexibility index (Phi) is 2.93. The smallest absolute Gasteiger partial charge is 0.254 e. The van der Waals surface area contributed by atoms with E-state index in [9.17, 15) is 9.18 Å². The molecule has 0 radical (unpaired) electrons. The number of hydrogen-bond acceptors (Lipinski definition) is 3. The monoisotopic (exact) mass is 274 g/mol. The first-order chi connectivity index (χ1) is 9.58. The maximum atomic E-state index is 13.7. The Morgan fingerprint density at radius 3 is 3.05 bits per heavy atom. The molecule has 1 amide bonds. The molecule has 1 aliphatic rings. The summed E-state index contributed by atoms with van der Waals surface area (Å²) in [7, 11) is 0. The van der Waals surface area contributed by atoms with E-state index in [-0.39, 0.29) is 11.9 Å². The molecule has 0 bridgehead atoms. The average molecular weight is 274 g/mol. The number of nitrogens with two attached hydrogens (primary N) is 1. The van der Waals surface area contributed by atoms with Crippen LogP contribution in [0.1, 0.15) is 33.9 Å². The number of amides is 1. The van der Waals surface area contributed by atoms with E-state index < -0.39 is 5.91 Å². The van der Waals surface area contributed by atoms with Crippen molar-refractivity contribution in [3.63, 3.8) is 0 Å². The number of nitrogens with zero attached hydrogens (tertiary/aromatic N) is 2. The van der Waals surface area contributed by atoms with Gasteiger partial charge >= 0.3 is 0 Å². The van der Waals surface area contributed by atoms with Gasteiger partial charge < -0.3 is 11.1 Å². The van der Waals surface area contributed by atoms with Gasteiger partial charge in [-0.15, -0.1) is 0 Å². The van der Waals surface area contributed by atoms with Crippen molar-refractivity contribution in [2.75, 3.05) is 11.9 Å². The van der Waals surface area contributed by atoms with Crippen LogP contribution in [0.25, 0.3) is 0 Å². The summed E-state index contributed by atoms with van der Waals surface area (Å²) in [6.07, 6.45) is 2.23. The molecule has 1 atom stereocenters. The fourth-order valence-electron chi connectivity index (χ4n) is 2.53. The van der Waals surface area contributed by atoms with Gasteiger partial charge in [0.2, 0.25) is 0 Å². The van der Waals surface area contributed by atoms with E-state index in [1.807, 2.05) is 6.07 Å². The van der Waals surface area contributed by atoms with Gasteiger partial charge in [0, 0.05) is 6.54 Å². The molecule has 1 aromatic carbocycles. The van der Waals surface area contributed by atoms with Crippen LogP contribution in [0.5, 0.6) is 0 Å². The number of anilines is 1. The predicted molar refractivity (Wildman–Crippen MR) is 73.1 cm³/mol. The molecule has 3 rings (SSSR count). The topological polar surface area (TPSA) is 72.9 Å². The van der Waals surface area contributed by atoms with Crippen LogP contribution in [0.3, 0.4) is 0 Å². The summed E-state index contributed by atoms with van der Waals surface area (Å²) >= 11 is 0. The molecule has 0 saturated heterocycles. The molecule has 1 aliphatic heterocycles. The summed E-state index contributed by atoms with van der Waals surface area (Å²) in [5, 5.41) is 7.34. The zero-order chi connectivity index (χ0) is 14.3. The number of aromatic nitrogens is 2. The Balaban J connectivity index is 2.05. The largest absolute Gasteiger partial charge is 0.369 e. The lowest BCUT2D eigenvalue weighted by molar-refractivity contribution is 0.100. The SMILES string of the molecule is Cc1ccc(C2CCNc3c(C(N)=O)cnn32)cc1F. The molecule has 1 aromatic heterocycles. The number of aryl methyl sites for hydroxylation is 1. The summed E-state index contributed by atoms with van der Waals surface area (Å²) in [5.41, 5.74) is 7.14. The third kappa shape index (κ3) is 1.93. The minimum absolute atomic E-state index is 0.0885. The summed E-state index contributed by atoms with van der Waals surface area (Å²) in [6, 6.07) is 5.09. The summed E-state index contributed by atoms with van der Waals surface area (Å²) < 4.78 is 15.4. The second kappa shape index (κ2) is 4.63. The van der Waals surface area contributed by atoms with Crippen LogP contribution in [-0.4, -0.2) is 22.2 Å². The molecule has 104 valence electrons. The van der Waals surface area contributed by atoms with E-state index in [0.717, 1.165) is 12.0 Å². The molecule has 3 N–H and O–H groups in total. The zero-order valence-corrected chi connectivity index (χ0v) is 11.1. The van der Waals surface area contributed by atoms with Gasteiger partial charge in [0.05, 0.1) is 12.2 Å². The number of benzene rings is 1. The maximum Gasteiger partial charge on any atom is 0.254 e. The van der Waals surface area contributed by atoms with E-state index in [0.29, 0.717) is 23.5 Å². The number of fused-ring (bicyclic) bond motifs is 1. The third-order valence-corrected chi connectivity index (χ3v) is 3.65. The van der Waals surface area contributed by atoms with Crippen molar-refractivity contribution in [3.8, 4) is 0 Å². The second-order valence-electron chi connectivity index (χ2n) is 4.96. The summed E-state index contributed by atoms with van der Waals surface area (Å²) in [4.78, 5) is 11.3.